The number of halogens is 3. The minimum absolute atomic E-state index is 0.0184. The number of ether oxygens (including phenoxy) is 1. The second-order valence-electron chi connectivity index (χ2n) is 6.16. The maximum atomic E-state index is 12.6. The number of hydrogen-bond donors (Lipinski definition) is 1. The maximum Gasteiger partial charge on any atom is 0.417 e. The predicted octanol–water partition coefficient (Wildman–Crippen LogP) is 2.82. The number of aromatic nitrogens is 6. The first-order chi connectivity index (χ1) is 14.3. The van der Waals surface area contributed by atoms with Gasteiger partial charge in [-0.3, -0.25) is 9.48 Å². The van der Waals surface area contributed by atoms with Crippen LogP contribution in [-0.4, -0.2) is 29.9 Å². The third-order valence-electron chi connectivity index (χ3n) is 4.17. The molecule has 9 nitrogen and oxygen atoms in total. The van der Waals surface area contributed by atoms with Crippen molar-refractivity contribution in [3.63, 3.8) is 0 Å². The molecule has 0 aliphatic rings. The van der Waals surface area contributed by atoms with Crippen LogP contribution in [0.3, 0.4) is 0 Å². The van der Waals surface area contributed by atoms with Gasteiger partial charge >= 0.3 is 6.18 Å². The molecule has 1 N–H and O–H groups in total. The maximum absolute atomic E-state index is 12.6. The van der Waals surface area contributed by atoms with Crippen LogP contribution in [0.1, 0.15) is 11.3 Å². The van der Waals surface area contributed by atoms with E-state index in [1.54, 1.807) is 13.1 Å². The molecule has 12 heteroatoms. The summed E-state index contributed by atoms with van der Waals surface area (Å²) in [6, 6.07) is 4.98. The lowest BCUT2D eigenvalue weighted by Crippen LogP contribution is -2.07. The zero-order chi connectivity index (χ0) is 21.3. The van der Waals surface area contributed by atoms with E-state index >= 15 is 0 Å². The molecule has 154 valence electrons. The number of aryl methyl sites for hydroxylation is 1. The Kier molecular flexibility index (Phi) is 4.82. The molecule has 4 heterocycles. The van der Waals surface area contributed by atoms with E-state index in [0.717, 1.165) is 12.1 Å². The van der Waals surface area contributed by atoms with Crippen molar-refractivity contribution in [2.45, 2.75) is 12.8 Å². The average Bonchev–Trinajstić information content (AvgIpc) is 3.33. The number of hydrogen-bond acceptors (Lipinski definition) is 7. The highest BCUT2D eigenvalue weighted by Gasteiger charge is 2.30. The number of H-pyrrole nitrogens is 1. The Bertz CT molecular complexity index is 1230. The van der Waals surface area contributed by atoms with E-state index in [4.69, 9.17) is 9.26 Å². The minimum Gasteiger partial charge on any atom is -0.471 e. The number of aromatic amines is 1. The minimum atomic E-state index is -4.47. The third kappa shape index (κ3) is 3.92. The molecule has 0 atom stereocenters. The summed E-state index contributed by atoms with van der Waals surface area (Å²) >= 11 is 0. The van der Waals surface area contributed by atoms with Crippen molar-refractivity contribution in [1.29, 1.82) is 0 Å². The van der Waals surface area contributed by atoms with Gasteiger partial charge in [-0.2, -0.15) is 23.3 Å². The van der Waals surface area contributed by atoms with Gasteiger partial charge in [0.05, 0.1) is 23.0 Å². The molecule has 0 unspecified atom stereocenters. The lowest BCUT2D eigenvalue weighted by atomic mass is 10.2. The quantitative estimate of drug-likeness (QED) is 0.530. The van der Waals surface area contributed by atoms with Crippen LogP contribution in [0.5, 0.6) is 5.88 Å². The Hall–Kier alpha value is -3.96. The van der Waals surface area contributed by atoms with Crippen LogP contribution >= 0.6 is 0 Å². The van der Waals surface area contributed by atoms with Gasteiger partial charge in [0.15, 0.2) is 0 Å². The van der Waals surface area contributed by atoms with E-state index in [2.05, 4.69) is 25.2 Å². The first-order valence-corrected chi connectivity index (χ1v) is 8.51. The molecule has 0 saturated heterocycles. The summed E-state index contributed by atoms with van der Waals surface area (Å²) in [5.74, 6) is 0.387. The largest absolute Gasteiger partial charge is 0.471 e. The average molecular weight is 418 g/mol. The second-order valence-corrected chi connectivity index (χ2v) is 6.16. The van der Waals surface area contributed by atoms with Crippen molar-refractivity contribution in [2.24, 2.45) is 7.05 Å². The molecule has 0 saturated carbocycles. The van der Waals surface area contributed by atoms with Gasteiger partial charge in [0.2, 0.25) is 17.3 Å². The van der Waals surface area contributed by atoms with Crippen LogP contribution in [0.4, 0.5) is 13.2 Å². The Labute approximate surface area is 166 Å². The molecular formula is C18H13F3N6O3. The summed E-state index contributed by atoms with van der Waals surface area (Å²) < 4.78 is 50.2. The summed E-state index contributed by atoms with van der Waals surface area (Å²) in [5.41, 5.74) is 0.322. The fourth-order valence-electron chi connectivity index (χ4n) is 2.62. The van der Waals surface area contributed by atoms with Gasteiger partial charge in [0.25, 0.3) is 5.89 Å². The first kappa shape index (κ1) is 19.4. The van der Waals surface area contributed by atoms with E-state index < -0.39 is 11.7 Å². The molecule has 0 aromatic carbocycles. The topological polar surface area (TPSA) is 112 Å². The van der Waals surface area contributed by atoms with Crippen molar-refractivity contribution in [1.82, 2.24) is 29.9 Å². The molecule has 0 spiro atoms. The van der Waals surface area contributed by atoms with Crippen molar-refractivity contribution in [2.75, 3.05) is 0 Å². The lowest BCUT2D eigenvalue weighted by Gasteiger charge is -2.09. The summed E-state index contributed by atoms with van der Waals surface area (Å²) in [6.45, 7) is -0.0487. The molecule has 30 heavy (non-hydrogen) atoms. The Morgan fingerprint density at radius 1 is 1.23 bits per heavy atom. The molecule has 0 fully saturated rings. The Morgan fingerprint density at radius 2 is 2.07 bits per heavy atom. The summed E-state index contributed by atoms with van der Waals surface area (Å²) in [7, 11) is 1.66. The van der Waals surface area contributed by atoms with Gasteiger partial charge < -0.3 is 14.2 Å². The van der Waals surface area contributed by atoms with Crippen LogP contribution in [0.2, 0.25) is 0 Å². The highest BCUT2D eigenvalue weighted by molar-refractivity contribution is 5.60. The molecule has 0 aliphatic heterocycles. The van der Waals surface area contributed by atoms with Crippen molar-refractivity contribution in [3.8, 4) is 28.7 Å². The molecule has 4 aromatic rings. The van der Waals surface area contributed by atoms with Crippen molar-refractivity contribution >= 4 is 0 Å². The number of nitrogens with zero attached hydrogens (tertiary/aromatic N) is 5. The van der Waals surface area contributed by atoms with E-state index in [-0.39, 0.29) is 29.8 Å². The van der Waals surface area contributed by atoms with E-state index in [9.17, 15) is 18.0 Å². The zero-order valence-electron chi connectivity index (χ0n) is 15.3. The Balaban J connectivity index is 1.55. The third-order valence-corrected chi connectivity index (χ3v) is 4.17. The SMILES string of the molecule is Cn1ncc(-c2nc(-c3cc[nH]c(=O)c3)no2)c1COc1ccc(C(F)(F)F)cn1. The number of alkyl halides is 3. The molecule has 0 aliphatic carbocycles. The normalized spacial score (nSPS) is 11.6. The van der Waals surface area contributed by atoms with Crippen LogP contribution < -0.4 is 10.3 Å². The summed E-state index contributed by atoms with van der Waals surface area (Å²) in [6.07, 6.45) is -0.812. The van der Waals surface area contributed by atoms with E-state index in [1.807, 2.05) is 0 Å². The first-order valence-electron chi connectivity index (χ1n) is 8.51. The van der Waals surface area contributed by atoms with E-state index in [0.29, 0.717) is 23.0 Å². The lowest BCUT2D eigenvalue weighted by molar-refractivity contribution is -0.137. The fraction of sp³-hybridized carbons (Fsp3) is 0.167. The molecule has 0 bridgehead atoms. The van der Waals surface area contributed by atoms with Gasteiger partial charge in [0, 0.05) is 37.1 Å². The van der Waals surface area contributed by atoms with Crippen LogP contribution in [0.25, 0.3) is 22.8 Å². The van der Waals surface area contributed by atoms with Crippen LogP contribution in [-0.2, 0) is 19.8 Å². The molecule has 0 radical (unpaired) electrons. The summed E-state index contributed by atoms with van der Waals surface area (Å²) in [5, 5.41) is 8.00. The molecule has 4 rings (SSSR count). The van der Waals surface area contributed by atoms with Gasteiger partial charge in [-0.25, -0.2) is 4.98 Å². The van der Waals surface area contributed by atoms with Gasteiger partial charge in [-0.15, -0.1) is 0 Å². The summed E-state index contributed by atoms with van der Waals surface area (Å²) in [4.78, 5) is 21.9. The van der Waals surface area contributed by atoms with Gasteiger partial charge in [0.1, 0.15) is 6.61 Å². The standard InChI is InChI=1S/C18H13F3N6O3/c1-27-13(9-29-15-3-2-11(7-23-15)18(19,20)21)12(8-24-27)17-25-16(26-30-17)10-4-5-22-14(28)6-10/h2-8H,9H2,1H3,(H,22,28). The monoisotopic (exact) mass is 418 g/mol. The zero-order valence-corrected chi connectivity index (χ0v) is 15.3. The molecule has 4 aromatic heterocycles. The van der Waals surface area contributed by atoms with Crippen LogP contribution in [0, 0.1) is 0 Å². The van der Waals surface area contributed by atoms with Gasteiger partial charge in [-0.05, 0) is 12.1 Å². The number of nitrogens with one attached hydrogen (secondary N) is 1. The highest BCUT2D eigenvalue weighted by atomic mass is 19.4. The second kappa shape index (κ2) is 7.46. The smallest absolute Gasteiger partial charge is 0.417 e. The Morgan fingerprint density at radius 3 is 2.77 bits per heavy atom. The fourth-order valence-corrected chi connectivity index (χ4v) is 2.62. The molecule has 0 amide bonds. The van der Waals surface area contributed by atoms with Crippen molar-refractivity contribution in [3.05, 3.63) is 64.5 Å². The predicted molar refractivity (Wildman–Crippen MR) is 96.1 cm³/mol. The highest BCUT2D eigenvalue weighted by Crippen LogP contribution is 2.30. The van der Waals surface area contributed by atoms with Gasteiger partial charge in [-0.1, -0.05) is 5.16 Å². The van der Waals surface area contributed by atoms with E-state index in [1.165, 1.54) is 23.1 Å². The number of pyridine rings is 2. The van der Waals surface area contributed by atoms with Crippen LogP contribution in [0.15, 0.2) is 52.2 Å². The number of rotatable bonds is 5. The molecular weight excluding hydrogens is 405 g/mol. The van der Waals surface area contributed by atoms with Crippen molar-refractivity contribution < 1.29 is 22.4 Å².